The van der Waals surface area contributed by atoms with Crippen LogP contribution in [0.5, 0.6) is 0 Å². The third-order valence-corrected chi connectivity index (χ3v) is 1.58. The molecule has 0 radical (unpaired) electrons. The summed E-state index contributed by atoms with van der Waals surface area (Å²) in [4.78, 5) is 21.9. The summed E-state index contributed by atoms with van der Waals surface area (Å²) in [5, 5.41) is 9.28. The number of ketones is 1. The zero-order valence-corrected chi connectivity index (χ0v) is 9.60. The van der Waals surface area contributed by atoms with Gasteiger partial charge in [-0.25, -0.2) is 4.79 Å². The van der Waals surface area contributed by atoms with Crippen molar-refractivity contribution in [3.63, 3.8) is 0 Å². The third-order valence-electron chi connectivity index (χ3n) is 1.58. The zero-order valence-electron chi connectivity index (χ0n) is 9.60. The lowest BCUT2D eigenvalue weighted by atomic mass is 10.3. The highest BCUT2D eigenvalue weighted by Crippen LogP contribution is 2.08. The third kappa shape index (κ3) is 5.31. The molecule has 0 aromatic rings. The number of aliphatic hydroxyl groups excluding tert-OH is 1. The Hall–Kier alpha value is -1.62. The highest BCUT2D eigenvalue weighted by Gasteiger charge is 2.22. The van der Waals surface area contributed by atoms with Gasteiger partial charge in [-0.1, -0.05) is 12.7 Å². The summed E-state index contributed by atoms with van der Waals surface area (Å²) in [5.41, 5.74) is 0. The van der Waals surface area contributed by atoms with Gasteiger partial charge in [0.2, 0.25) is 0 Å². The second-order valence-electron chi connectivity index (χ2n) is 3.14. The summed E-state index contributed by atoms with van der Waals surface area (Å²) < 4.78 is 9.68. The minimum Gasteiger partial charge on any atom is -0.449 e. The van der Waals surface area contributed by atoms with Gasteiger partial charge in [0.25, 0.3) is 6.29 Å². The van der Waals surface area contributed by atoms with E-state index in [2.05, 4.69) is 6.58 Å². The molecule has 0 saturated heterocycles. The smallest absolute Gasteiger partial charge is 0.333 e. The first-order valence-electron chi connectivity index (χ1n) is 4.76. The van der Waals surface area contributed by atoms with Gasteiger partial charge in [0.05, 0.1) is 0 Å². The first-order valence-corrected chi connectivity index (χ1v) is 4.76. The van der Waals surface area contributed by atoms with Gasteiger partial charge in [0.15, 0.2) is 11.5 Å². The lowest BCUT2D eigenvalue weighted by molar-refractivity contribution is -0.185. The average Bonchev–Trinajstić information content (AvgIpc) is 2.16. The molecule has 5 nitrogen and oxygen atoms in total. The van der Waals surface area contributed by atoms with Crippen molar-refractivity contribution in [3.8, 4) is 0 Å². The number of ether oxygens (including phenoxy) is 2. The molecule has 0 aromatic heterocycles. The molecule has 0 aliphatic heterocycles. The van der Waals surface area contributed by atoms with Crippen molar-refractivity contribution in [2.75, 3.05) is 0 Å². The van der Waals surface area contributed by atoms with Crippen molar-refractivity contribution in [3.05, 3.63) is 24.5 Å². The van der Waals surface area contributed by atoms with Crippen LogP contribution in [0.3, 0.4) is 0 Å². The van der Waals surface area contributed by atoms with Gasteiger partial charge in [-0.15, -0.1) is 0 Å². The van der Waals surface area contributed by atoms with E-state index in [0.29, 0.717) is 0 Å². The summed E-state index contributed by atoms with van der Waals surface area (Å²) in [6, 6.07) is 0. The van der Waals surface area contributed by atoms with Crippen molar-refractivity contribution < 1.29 is 24.2 Å². The first kappa shape index (κ1) is 14.4. The Morgan fingerprint density at radius 3 is 2.31 bits per heavy atom. The minimum atomic E-state index is -1.24. The summed E-state index contributed by atoms with van der Waals surface area (Å²) in [6.45, 7) is 7.62. The van der Waals surface area contributed by atoms with Crippen LogP contribution >= 0.6 is 0 Å². The van der Waals surface area contributed by atoms with E-state index in [1.54, 1.807) is 6.92 Å². The predicted molar refractivity (Wildman–Crippen MR) is 57.3 cm³/mol. The largest absolute Gasteiger partial charge is 0.449 e. The molecule has 0 fully saturated rings. The number of rotatable bonds is 6. The molecular weight excluding hydrogens is 212 g/mol. The van der Waals surface area contributed by atoms with Gasteiger partial charge in [-0.3, -0.25) is 4.79 Å². The fourth-order valence-electron chi connectivity index (χ4n) is 0.734. The number of esters is 1. The average molecular weight is 228 g/mol. The number of Topliss-reactive ketones (excluding diaryl/α,β-unsaturated/α-hetero) is 1. The van der Waals surface area contributed by atoms with Crippen LogP contribution in [0, 0.1) is 0 Å². The molecule has 0 aliphatic rings. The Morgan fingerprint density at radius 1 is 1.38 bits per heavy atom. The molecule has 2 atom stereocenters. The predicted octanol–water partition coefficient (Wildman–Crippen LogP) is 0.932. The molecule has 0 rings (SSSR count). The number of aliphatic hydroxyl groups is 1. The first-order chi connectivity index (χ1) is 7.38. The molecule has 1 N–H and O–H groups in total. The molecule has 2 unspecified atom stereocenters. The van der Waals surface area contributed by atoms with Crippen molar-refractivity contribution in [1.82, 2.24) is 0 Å². The maximum atomic E-state index is 11.1. The molecule has 16 heavy (non-hydrogen) atoms. The van der Waals surface area contributed by atoms with Gasteiger partial charge in [-0.05, 0) is 13.8 Å². The number of carbonyl (C=O) groups excluding carboxylic acids is 2. The Balaban J connectivity index is 4.45. The Bertz CT molecular complexity index is 303. The van der Waals surface area contributed by atoms with Crippen LogP contribution in [0.25, 0.3) is 0 Å². The van der Waals surface area contributed by atoms with Crippen molar-refractivity contribution in [1.29, 1.82) is 0 Å². The summed E-state index contributed by atoms with van der Waals surface area (Å²) in [5.74, 6) is -1.23. The quantitative estimate of drug-likeness (QED) is 0.317. The van der Waals surface area contributed by atoms with E-state index in [4.69, 9.17) is 9.47 Å². The van der Waals surface area contributed by atoms with E-state index in [9.17, 15) is 14.7 Å². The summed E-state index contributed by atoms with van der Waals surface area (Å²) in [7, 11) is 0. The maximum absolute atomic E-state index is 11.1. The number of hydrogen-bond acceptors (Lipinski definition) is 5. The van der Waals surface area contributed by atoms with E-state index in [1.165, 1.54) is 26.0 Å². The summed E-state index contributed by atoms with van der Waals surface area (Å²) >= 11 is 0. The van der Waals surface area contributed by atoms with E-state index >= 15 is 0 Å². The van der Waals surface area contributed by atoms with Gasteiger partial charge < -0.3 is 14.6 Å². The van der Waals surface area contributed by atoms with E-state index in [1.807, 2.05) is 0 Å². The molecule has 0 spiro atoms. The van der Waals surface area contributed by atoms with Crippen LogP contribution in [0.2, 0.25) is 0 Å². The van der Waals surface area contributed by atoms with Gasteiger partial charge in [0.1, 0.15) is 6.10 Å². The molecule has 0 aromatic carbocycles. The molecule has 0 saturated carbocycles. The fraction of sp³-hybridized carbons (Fsp3) is 0.455. The van der Waals surface area contributed by atoms with Gasteiger partial charge >= 0.3 is 5.97 Å². The van der Waals surface area contributed by atoms with E-state index in [-0.39, 0.29) is 5.76 Å². The topological polar surface area (TPSA) is 72.8 Å². The highest BCUT2D eigenvalue weighted by molar-refractivity contribution is 5.90. The summed E-state index contributed by atoms with van der Waals surface area (Å²) in [6.07, 6.45) is 0.363. The second kappa shape index (κ2) is 6.79. The standard InChI is InChI=1S/C11H16O5/c1-5-6-10(14)16-11(8(3)13)15-9(4)7(2)12/h5-6,8,11,13H,4H2,1-3H3. The van der Waals surface area contributed by atoms with Crippen LogP contribution in [-0.4, -0.2) is 29.3 Å². The second-order valence-corrected chi connectivity index (χ2v) is 3.14. The number of hydrogen-bond donors (Lipinski definition) is 1. The van der Waals surface area contributed by atoms with Gasteiger partial charge in [0, 0.05) is 13.0 Å². The lowest BCUT2D eigenvalue weighted by Crippen LogP contribution is -2.31. The fourth-order valence-corrected chi connectivity index (χ4v) is 0.734. The van der Waals surface area contributed by atoms with E-state index < -0.39 is 24.1 Å². The number of carbonyl (C=O) groups is 2. The molecule has 90 valence electrons. The van der Waals surface area contributed by atoms with Crippen LogP contribution in [0.15, 0.2) is 24.5 Å². The molecule has 0 amide bonds. The van der Waals surface area contributed by atoms with Gasteiger partial charge in [-0.2, -0.15) is 0 Å². The molecule has 0 bridgehead atoms. The van der Waals surface area contributed by atoms with E-state index in [0.717, 1.165) is 0 Å². The zero-order chi connectivity index (χ0) is 12.7. The lowest BCUT2D eigenvalue weighted by Gasteiger charge is -2.21. The Kier molecular flexibility index (Phi) is 6.10. The molecule has 5 heteroatoms. The van der Waals surface area contributed by atoms with Crippen molar-refractivity contribution >= 4 is 11.8 Å². The van der Waals surface area contributed by atoms with Crippen molar-refractivity contribution in [2.24, 2.45) is 0 Å². The molecule has 0 heterocycles. The highest BCUT2D eigenvalue weighted by atomic mass is 16.7. The normalized spacial score (nSPS) is 14.2. The van der Waals surface area contributed by atoms with Crippen LogP contribution in [0.4, 0.5) is 0 Å². The maximum Gasteiger partial charge on any atom is 0.333 e. The molecular formula is C11H16O5. The van der Waals surface area contributed by atoms with Crippen LogP contribution in [0.1, 0.15) is 20.8 Å². The SMILES string of the molecule is C=C(OC(OC(=O)C=CC)C(C)O)C(C)=O. The van der Waals surface area contributed by atoms with Crippen molar-refractivity contribution in [2.45, 2.75) is 33.2 Å². The Morgan fingerprint density at radius 2 is 1.94 bits per heavy atom. The molecule has 0 aliphatic carbocycles. The van der Waals surface area contributed by atoms with Crippen LogP contribution in [-0.2, 0) is 19.1 Å². The number of allylic oxidation sites excluding steroid dienone is 2. The Labute approximate surface area is 94.4 Å². The van der Waals surface area contributed by atoms with Crippen LogP contribution < -0.4 is 0 Å². The minimum absolute atomic E-state index is 0.167. The monoisotopic (exact) mass is 228 g/mol.